The topological polar surface area (TPSA) is 124 Å². The van der Waals surface area contributed by atoms with Gasteiger partial charge in [-0.2, -0.15) is 18.2 Å². The number of nitrogens with one attached hydrogen (secondary N) is 3. The molecular weight excluding hydrogens is 653 g/mol. The Morgan fingerprint density at radius 3 is 2.50 bits per heavy atom. The molecule has 6 rings (SSSR count). The van der Waals surface area contributed by atoms with E-state index in [0.29, 0.717) is 48.4 Å². The summed E-state index contributed by atoms with van der Waals surface area (Å²) in [6.45, 7) is 10.6. The summed E-state index contributed by atoms with van der Waals surface area (Å²) in [5.74, 6) is -0.0998. The van der Waals surface area contributed by atoms with E-state index in [1.807, 2.05) is 19.1 Å². The molecule has 0 atom stereocenters. The number of piperidine rings is 1. The SMILES string of the molecule is CCOC(=O)N1CCC(N2CCN(c3ccc(Nc4ncc(C(F)(F)F)c(NCc5cccc6c5C(C)(C)C(=O)N6)n4)c(OC)c3)CC2)CC1. The van der Waals surface area contributed by atoms with Crippen LogP contribution in [0.3, 0.4) is 0 Å². The molecule has 0 spiro atoms. The second kappa shape index (κ2) is 14.2. The van der Waals surface area contributed by atoms with Crippen LogP contribution in [0.4, 0.5) is 46.8 Å². The number of methoxy groups -OCH3 is 1. The molecule has 0 unspecified atom stereocenters. The van der Waals surface area contributed by atoms with Crippen LogP contribution in [0.2, 0.25) is 0 Å². The highest BCUT2D eigenvalue weighted by Crippen LogP contribution is 2.41. The van der Waals surface area contributed by atoms with Crippen LogP contribution < -0.4 is 25.6 Å². The third-order valence-electron chi connectivity index (χ3n) is 9.75. The zero-order valence-corrected chi connectivity index (χ0v) is 28.7. The minimum Gasteiger partial charge on any atom is -0.494 e. The Bertz CT molecular complexity index is 1720. The first-order valence-corrected chi connectivity index (χ1v) is 16.9. The van der Waals surface area contributed by atoms with Crippen molar-refractivity contribution in [2.24, 2.45) is 0 Å². The molecule has 2 saturated heterocycles. The van der Waals surface area contributed by atoms with Crippen molar-refractivity contribution in [3.8, 4) is 5.75 Å². The van der Waals surface area contributed by atoms with Gasteiger partial charge in [0, 0.05) is 75.5 Å². The van der Waals surface area contributed by atoms with Gasteiger partial charge in [-0.3, -0.25) is 9.69 Å². The van der Waals surface area contributed by atoms with Crippen molar-refractivity contribution in [3.05, 3.63) is 59.3 Å². The molecule has 3 aromatic rings. The normalized spacial score (nSPS) is 18.0. The molecular formula is C35H43F3N8O4. The van der Waals surface area contributed by atoms with Gasteiger partial charge in [-0.25, -0.2) is 9.78 Å². The van der Waals surface area contributed by atoms with Crippen LogP contribution >= 0.6 is 0 Å². The summed E-state index contributed by atoms with van der Waals surface area (Å²) in [4.78, 5) is 39.3. The second-order valence-electron chi connectivity index (χ2n) is 13.2. The highest BCUT2D eigenvalue weighted by Gasteiger charge is 2.40. The number of carbonyl (C=O) groups is 2. The number of hydrogen-bond donors (Lipinski definition) is 3. The Balaban J connectivity index is 1.12. The highest BCUT2D eigenvalue weighted by atomic mass is 19.4. The molecule has 3 N–H and O–H groups in total. The molecule has 0 bridgehead atoms. The maximum atomic E-state index is 14.0. The average molecular weight is 697 g/mol. The fourth-order valence-corrected chi connectivity index (χ4v) is 7.02. The Morgan fingerprint density at radius 1 is 1.08 bits per heavy atom. The summed E-state index contributed by atoms with van der Waals surface area (Å²) in [6, 6.07) is 11.4. The van der Waals surface area contributed by atoms with E-state index in [-0.39, 0.29) is 30.3 Å². The van der Waals surface area contributed by atoms with Crippen molar-refractivity contribution in [1.29, 1.82) is 0 Å². The number of ether oxygens (including phenoxy) is 2. The molecule has 2 fully saturated rings. The number of halogens is 3. The predicted octanol–water partition coefficient (Wildman–Crippen LogP) is 5.83. The lowest BCUT2D eigenvalue weighted by Crippen LogP contribution is -2.53. The number of carbonyl (C=O) groups excluding carboxylic acids is 2. The van der Waals surface area contributed by atoms with Gasteiger partial charge < -0.3 is 35.2 Å². The van der Waals surface area contributed by atoms with Crippen LogP contribution in [0, 0.1) is 0 Å². The molecule has 0 aliphatic carbocycles. The van der Waals surface area contributed by atoms with E-state index >= 15 is 0 Å². The predicted molar refractivity (Wildman–Crippen MR) is 184 cm³/mol. The lowest BCUT2D eigenvalue weighted by atomic mass is 9.83. The molecule has 0 radical (unpaired) electrons. The Labute approximate surface area is 289 Å². The summed E-state index contributed by atoms with van der Waals surface area (Å²) in [6.07, 6.45) is -2.34. The molecule has 3 aliphatic rings. The minimum absolute atomic E-state index is 0.0131. The summed E-state index contributed by atoms with van der Waals surface area (Å²) in [5, 5.41) is 8.72. The molecule has 4 heterocycles. The van der Waals surface area contributed by atoms with Gasteiger partial charge in [0.15, 0.2) is 0 Å². The standard InChI is InChI=1S/C35H43F3N8O4/c1-5-50-33(48)46-13-11-23(12-14-46)44-15-17-45(18-16-44)24-9-10-26(28(19-24)49-4)42-32-40-21-25(35(36,37)38)30(43-32)39-20-22-7-6-8-27-29(22)34(2,3)31(47)41-27/h6-10,19,21,23H,5,11-18,20H2,1-4H3,(H,41,47)(H2,39,40,42,43). The third-order valence-corrected chi connectivity index (χ3v) is 9.75. The van der Waals surface area contributed by atoms with E-state index in [4.69, 9.17) is 9.47 Å². The van der Waals surface area contributed by atoms with Gasteiger partial charge in [-0.1, -0.05) is 12.1 Å². The number of aromatic nitrogens is 2. The van der Waals surface area contributed by atoms with E-state index in [1.165, 1.54) is 7.11 Å². The van der Waals surface area contributed by atoms with Gasteiger partial charge in [0.05, 0.1) is 24.8 Å². The molecule has 2 aromatic carbocycles. The molecule has 0 saturated carbocycles. The van der Waals surface area contributed by atoms with Crippen LogP contribution in [0.5, 0.6) is 5.75 Å². The number of likely N-dealkylation sites (tertiary alicyclic amines) is 1. The first kappa shape index (κ1) is 35.1. The third kappa shape index (κ3) is 7.23. The van der Waals surface area contributed by atoms with Crippen molar-refractivity contribution < 1.29 is 32.2 Å². The maximum Gasteiger partial charge on any atom is 0.421 e. The second-order valence-corrected chi connectivity index (χ2v) is 13.2. The molecule has 3 aliphatic heterocycles. The lowest BCUT2D eigenvalue weighted by Gasteiger charge is -2.43. The van der Waals surface area contributed by atoms with E-state index in [1.54, 1.807) is 43.0 Å². The largest absolute Gasteiger partial charge is 0.494 e. The van der Waals surface area contributed by atoms with Gasteiger partial charge in [-0.05, 0) is 62.9 Å². The van der Waals surface area contributed by atoms with Crippen LogP contribution in [-0.2, 0) is 27.7 Å². The summed E-state index contributed by atoms with van der Waals surface area (Å²) in [7, 11) is 1.53. The average Bonchev–Trinajstić information content (AvgIpc) is 3.34. The minimum atomic E-state index is -4.69. The molecule has 15 heteroatoms. The van der Waals surface area contributed by atoms with Gasteiger partial charge >= 0.3 is 12.3 Å². The van der Waals surface area contributed by atoms with Crippen molar-refractivity contribution in [2.75, 3.05) is 73.8 Å². The Morgan fingerprint density at radius 2 is 1.82 bits per heavy atom. The number of piperazine rings is 1. The fraction of sp³-hybridized carbons (Fsp3) is 0.486. The van der Waals surface area contributed by atoms with Gasteiger partial charge in [0.25, 0.3) is 0 Å². The van der Waals surface area contributed by atoms with Gasteiger partial charge in [0.2, 0.25) is 11.9 Å². The first-order valence-electron chi connectivity index (χ1n) is 16.9. The quantitative estimate of drug-likeness (QED) is 0.252. The number of anilines is 5. The van der Waals surface area contributed by atoms with Crippen molar-refractivity contribution in [2.45, 2.75) is 57.8 Å². The van der Waals surface area contributed by atoms with Crippen molar-refractivity contribution in [3.63, 3.8) is 0 Å². The van der Waals surface area contributed by atoms with Crippen LogP contribution in [0.1, 0.15) is 50.3 Å². The number of benzene rings is 2. The van der Waals surface area contributed by atoms with Gasteiger partial charge in [0.1, 0.15) is 17.1 Å². The van der Waals surface area contributed by atoms with E-state index in [0.717, 1.165) is 56.5 Å². The monoisotopic (exact) mass is 696 g/mol. The zero-order valence-electron chi connectivity index (χ0n) is 28.7. The number of nitrogens with zero attached hydrogens (tertiary/aromatic N) is 5. The van der Waals surface area contributed by atoms with E-state index < -0.39 is 17.2 Å². The Hall–Kier alpha value is -4.79. The molecule has 2 amide bonds. The lowest BCUT2D eigenvalue weighted by molar-refractivity contribution is -0.137. The number of hydrogen-bond acceptors (Lipinski definition) is 10. The van der Waals surface area contributed by atoms with Crippen LogP contribution in [0.25, 0.3) is 0 Å². The number of alkyl halides is 3. The number of amides is 2. The number of rotatable bonds is 9. The maximum absolute atomic E-state index is 14.0. The van der Waals surface area contributed by atoms with Crippen LogP contribution in [-0.4, -0.2) is 90.8 Å². The van der Waals surface area contributed by atoms with E-state index in [9.17, 15) is 22.8 Å². The zero-order chi connectivity index (χ0) is 35.6. The molecule has 268 valence electrons. The molecule has 12 nitrogen and oxygen atoms in total. The smallest absolute Gasteiger partial charge is 0.421 e. The van der Waals surface area contributed by atoms with E-state index in [2.05, 4.69) is 35.7 Å². The summed E-state index contributed by atoms with van der Waals surface area (Å²) < 4.78 is 52.9. The van der Waals surface area contributed by atoms with Crippen molar-refractivity contribution >= 4 is 40.8 Å². The summed E-state index contributed by atoms with van der Waals surface area (Å²) >= 11 is 0. The molecule has 50 heavy (non-hydrogen) atoms. The first-order chi connectivity index (χ1) is 23.9. The highest BCUT2D eigenvalue weighted by molar-refractivity contribution is 6.06. The molecule has 1 aromatic heterocycles. The fourth-order valence-electron chi connectivity index (χ4n) is 7.02. The summed E-state index contributed by atoms with van der Waals surface area (Å²) in [5.41, 5.74) is 1.69. The van der Waals surface area contributed by atoms with Gasteiger partial charge in [-0.15, -0.1) is 0 Å². The number of fused-ring (bicyclic) bond motifs is 1. The van der Waals surface area contributed by atoms with Crippen LogP contribution in [0.15, 0.2) is 42.6 Å². The van der Waals surface area contributed by atoms with Crippen molar-refractivity contribution in [1.82, 2.24) is 19.8 Å². The Kier molecular flexibility index (Phi) is 9.96.